The Hall–Kier alpha value is -3.42. The molecule has 4 rings (SSSR count). The summed E-state index contributed by atoms with van der Waals surface area (Å²) < 4.78 is 15.0. The highest BCUT2D eigenvalue weighted by atomic mass is 19.1. The van der Waals surface area contributed by atoms with E-state index in [0.717, 1.165) is 17.0 Å². The summed E-state index contributed by atoms with van der Waals surface area (Å²) in [7, 11) is 0. The molecule has 0 N–H and O–H groups in total. The molecule has 0 saturated carbocycles. The van der Waals surface area contributed by atoms with Crippen molar-refractivity contribution in [3.8, 4) is 0 Å². The van der Waals surface area contributed by atoms with Gasteiger partial charge in [0.05, 0.1) is 16.5 Å². The summed E-state index contributed by atoms with van der Waals surface area (Å²) in [4.78, 5) is 27.0. The van der Waals surface area contributed by atoms with Crippen LogP contribution in [0.2, 0.25) is 0 Å². The van der Waals surface area contributed by atoms with Gasteiger partial charge in [-0.3, -0.25) is 14.7 Å². The lowest BCUT2D eigenvalue weighted by atomic mass is 10.2. The van der Waals surface area contributed by atoms with E-state index in [9.17, 15) is 19.3 Å². The summed E-state index contributed by atoms with van der Waals surface area (Å²) in [5.41, 5.74) is 0.963. The monoisotopic (exact) mass is 368 g/mol. The molecule has 1 saturated heterocycles. The van der Waals surface area contributed by atoms with Crippen molar-refractivity contribution >= 4 is 28.3 Å². The number of benzene rings is 2. The van der Waals surface area contributed by atoms with Crippen molar-refractivity contribution in [3.05, 3.63) is 70.7 Å². The summed E-state index contributed by atoms with van der Waals surface area (Å²) in [6.45, 7) is 1.74. The minimum atomic E-state index is -0.640. The van der Waals surface area contributed by atoms with E-state index in [1.165, 1.54) is 12.1 Å². The van der Waals surface area contributed by atoms with Gasteiger partial charge in [-0.05, 0) is 24.3 Å². The molecule has 27 heavy (non-hydrogen) atoms. The third-order valence-electron chi connectivity index (χ3n) is 4.83. The van der Waals surface area contributed by atoms with Gasteiger partial charge in [-0.1, -0.05) is 18.2 Å². The van der Waals surface area contributed by atoms with Gasteiger partial charge >= 0.3 is 6.03 Å². The first-order chi connectivity index (χ1) is 13.0. The topological polar surface area (TPSA) is 71.6 Å². The number of rotatable bonds is 2. The molecule has 7 nitrogen and oxygen atoms in total. The van der Waals surface area contributed by atoms with Gasteiger partial charge in [0.25, 0.3) is 5.69 Å². The molecule has 1 fully saturated rings. The van der Waals surface area contributed by atoms with Crippen LogP contribution >= 0.6 is 0 Å². The number of halogens is 1. The van der Waals surface area contributed by atoms with Crippen LogP contribution < -0.4 is 4.90 Å². The molecule has 2 aromatic carbocycles. The number of nitro benzene ring substituents is 1. The van der Waals surface area contributed by atoms with Crippen LogP contribution in [0, 0.1) is 15.9 Å². The number of carbonyl (C=O) groups is 1. The number of nitrogens with zero attached hydrogens (tertiary/aromatic N) is 4. The lowest BCUT2D eigenvalue weighted by molar-refractivity contribution is -0.384. The van der Waals surface area contributed by atoms with Crippen LogP contribution in [-0.4, -0.2) is 46.6 Å². The van der Waals surface area contributed by atoms with Crippen molar-refractivity contribution in [2.24, 2.45) is 0 Å². The molecule has 0 spiro atoms. The van der Waals surface area contributed by atoms with E-state index >= 15 is 0 Å². The molecule has 1 aliphatic rings. The number of nitro groups is 1. The highest BCUT2D eigenvalue weighted by Crippen LogP contribution is 2.29. The number of anilines is 1. The van der Waals surface area contributed by atoms with Crippen molar-refractivity contribution in [1.82, 2.24) is 9.47 Å². The maximum atomic E-state index is 13.3. The number of fused-ring (bicyclic) bond motifs is 1. The second-order valence-electron chi connectivity index (χ2n) is 6.39. The zero-order valence-corrected chi connectivity index (χ0v) is 14.4. The van der Waals surface area contributed by atoms with Crippen molar-refractivity contribution < 1.29 is 14.1 Å². The van der Waals surface area contributed by atoms with Crippen molar-refractivity contribution in [1.29, 1.82) is 0 Å². The third-order valence-corrected chi connectivity index (χ3v) is 4.83. The van der Waals surface area contributed by atoms with Crippen LogP contribution in [0.4, 0.5) is 20.6 Å². The number of aromatic nitrogens is 1. The van der Waals surface area contributed by atoms with Crippen LogP contribution in [-0.2, 0) is 0 Å². The van der Waals surface area contributed by atoms with Crippen LogP contribution in [0.1, 0.15) is 0 Å². The Kier molecular flexibility index (Phi) is 4.23. The van der Waals surface area contributed by atoms with E-state index in [1.807, 2.05) is 35.2 Å². The average Bonchev–Trinajstić information content (AvgIpc) is 3.11. The number of carbonyl (C=O) groups excluding carboxylic acids is 1. The highest BCUT2D eigenvalue weighted by molar-refractivity contribution is 5.91. The summed E-state index contributed by atoms with van der Waals surface area (Å²) in [6, 6.07) is 13.0. The Morgan fingerprint density at radius 1 is 1.04 bits per heavy atom. The summed E-state index contributed by atoms with van der Waals surface area (Å²) in [5.74, 6) is -0.640. The Morgan fingerprint density at radius 3 is 2.52 bits per heavy atom. The minimum absolute atomic E-state index is 0.121. The lowest BCUT2D eigenvalue weighted by Gasteiger charge is -2.35. The molecule has 1 aliphatic heterocycles. The number of amides is 1. The van der Waals surface area contributed by atoms with Crippen LogP contribution in [0.3, 0.4) is 0 Å². The maximum absolute atomic E-state index is 13.3. The van der Waals surface area contributed by atoms with E-state index in [1.54, 1.807) is 15.7 Å². The first kappa shape index (κ1) is 17.0. The Morgan fingerprint density at radius 2 is 1.78 bits per heavy atom. The molecular formula is C19H17FN4O3. The summed E-state index contributed by atoms with van der Waals surface area (Å²) >= 11 is 0. The standard InChI is InChI=1S/C19H17FN4O3/c20-15-5-6-17(18(13-15)24(26)27)21-9-11-22(12-10-21)19(25)23-8-7-14-3-1-2-4-16(14)23/h1-8,13H,9-12H2. The molecule has 3 aromatic rings. The van der Waals surface area contributed by atoms with Gasteiger partial charge in [-0.2, -0.15) is 0 Å². The first-order valence-electron chi connectivity index (χ1n) is 8.59. The molecule has 0 radical (unpaired) electrons. The molecule has 0 aliphatic carbocycles. The van der Waals surface area contributed by atoms with Gasteiger partial charge in [0.2, 0.25) is 0 Å². The number of hydrogen-bond donors (Lipinski definition) is 0. The fourth-order valence-electron chi connectivity index (χ4n) is 3.45. The fraction of sp³-hybridized carbons (Fsp3) is 0.211. The third kappa shape index (κ3) is 3.10. The van der Waals surface area contributed by atoms with E-state index in [0.29, 0.717) is 31.9 Å². The quantitative estimate of drug-likeness (QED) is 0.513. The Balaban J connectivity index is 1.51. The van der Waals surface area contributed by atoms with E-state index in [-0.39, 0.29) is 11.7 Å². The van der Waals surface area contributed by atoms with E-state index in [4.69, 9.17) is 0 Å². The molecule has 2 heterocycles. The molecule has 0 bridgehead atoms. The lowest BCUT2D eigenvalue weighted by Crippen LogP contribution is -2.50. The summed E-state index contributed by atoms with van der Waals surface area (Å²) in [5, 5.41) is 12.2. The molecule has 0 unspecified atom stereocenters. The van der Waals surface area contributed by atoms with E-state index in [2.05, 4.69) is 0 Å². The van der Waals surface area contributed by atoms with Gasteiger partial charge < -0.3 is 9.80 Å². The van der Waals surface area contributed by atoms with Gasteiger partial charge in [0, 0.05) is 37.8 Å². The number of piperazine rings is 1. The molecule has 1 amide bonds. The van der Waals surface area contributed by atoms with E-state index < -0.39 is 10.7 Å². The minimum Gasteiger partial charge on any atom is -0.362 e. The molecule has 8 heteroatoms. The predicted octanol–water partition coefficient (Wildman–Crippen LogP) is 3.48. The zero-order valence-electron chi connectivity index (χ0n) is 14.4. The molecule has 0 atom stereocenters. The first-order valence-corrected chi connectivity index (χ1v) is 8.59. The zero-order chi connectivity index (χ0) is 19.0. The average molecular weight is 368 g/mol. The SMILES string of the molecule is O=C(N1CCN(c2ccc(F)cc2[N+](=O)[O-])CC1)n1ccc2ccccc21. The highest BCUT2D eigenvalue weighted by Gasteiger charge is 2.27. The van der Waals surface area contributed by atoms with Crippen molar-refractivity contribution in [3.63, 3.8) is 0 Å². The maximum Gasteiger partial charge on any atom is 0.328 e. The smallest absolute Gasteiger partial charge is 0.328 e. The molecule has 138 valence electrons. The largest absolute Gasteiger partial charge is 0.362 e. The van der Waals surface area contributed by atoms with Crippen LogP contribution in [0.5, 0.6) is 0 Å². The predicted molar refractivity (Wildman–Crippen MR) is 99.6 cm³/mol. The molecule has 1 aromatic heterocycles. The molecular weight excluding hydrogens is 351 g/mol. The Bertz CT molecular complexity index is 1020. The van der Waals surface area contributed by atoms with Crippen molar-refractivity contribution in [2.75, 3.05) is 31.1 Å². The number of hydrogen-bond acceptors (Lipinski definition) is 4. The normalized spacial score (nSPS) is 14.6. The van der Waals surface area contributed by atoms with Crippen LogP contribution in [0.25, 0.3) is 10.9 Å². The van der Waals surface area contributed by atoms with Crippen LogP contribution in [0.15, 0.2) is 54.7 Å². The van der Waals surface area contributed by atoms with Gasteiger partial charge in [0.15, 0.2) is 0 Å². The van der Waals surface area contributed by atoms with Gasteiger partial charge in [-0.15, -0.1) is 0 Å². The second-order valence-corrected chi connectivity index (χ2v) is 6.39. The number of para-hydroxylation sites is 1. The van der Waals surface area contributed by atoms with Crippen molar-refractivity contribution in [2.45, 2.75) is 0 Å². The summed E-state index contributed by atoms with van der Waals surface area (Å²) in [6.07, 6.45) is 1.75. The van der Waals surface area contributed by atoms with Gasteiger partial charge in [-0.25, -0.2) is 9.18 Å². The Labute approximate surface area is 154 Å². The van der Waals surface area contributed by atoms with Gasteiger partial charge in [0.1, 0.15) is 11.5 Å². The fourth-order valence-corrected chi connectivity index (χ4v) is 3.45. The second kappa shape index (κ2) is 6.71.